The number of aromatic amines is 1. The topological polar surface area (TPSA) is 148 Å². The quantitative estimate of drug-likeness (QED) is 0.0686. The lowest BCUT2D eigenvalue weighted by Gasteiger charge is -2.58. The van der Waals surface area contributed by atoms with Crippen molar-refractivity contribution in [2.75, 3.05) is 0 Å². The van der Waals surface area contributed by atoms with E-state index in [0.717, 1.165) is 104 Å². The van der Waals surface area contributed by atoms with Gasteiger partial charge in [-0.3, -0.25) is 4.79 Å². The Labute approximate surface area is 596 Å². The number of rotatable bonds is 15. The van der Waals surface area contributed by atoms with E-state index in [1.165, 1.54) is 102 Å². The average Bonchev–Trinajstić information content (AvgIpc) is 1.71. The molecule has 91 heavy (non-hydrogen) atoms. The third kappa shape index (κ3) is 16.5. The van der Waals surface area contributed by atoms with Gasteiger partial charge in [-0.15, -0.1) is 0 Å². The minimum Gasteiger partial charge on any atom is -0.450 e. The number of pyridine rings is 2. The number of nitrogens with one attached hydrogen (secondary N) is 1. The number of halogens is 11. The van der Waals surface area contributed by atoms with Crippen LogP contribution < -0.4 is 10.2 Å². The van der Waals surface area contributed by atoms with Crippen LogP contribution in [0.3, 0.4) is 0 Å². The van der Waals surface area contributed by atoms with Crippen LogP contribution in [0.4, 0.5) is 9.59 Å². The Bertz CT molecular complexity index is 3040. The molecule has 6 fully saturated rings. The van der Waals surface area contributed by atoms with Gasteiger partial charge in [-0.1, -0.05) is 247 Å². The summed E-state index contributed by atoms with van der Waals surface area (Å²) in [4.78, 5) is 42.2. The molecule has 16 unspecified atom stereocenters. The van der Waals surface area contributed by atoms with E-state index in [0.29, 0.717) is 28.6 Å². The summed E-state index contributed by atoms with van der Waals surface area (Å²) in [6.07, 6.45) is 30.8. The molecule has 0 aromatic carbocycles. The molecule has 10 nitrogen and oxygen atoms in total. The highest BCUT2D eigenvalue weighted by atomic mass is 35.6. The smallest absolute Gasteiger partial charge is 0.450 e. The summed E-state index contributed by atoms with van der Waals surface area (Å²) >= 11 is 64.2. The van der Waals surface area contributed by atoms with Gasteiger partial charge in [0.1, 0.15) is 38.0 Å². The van der Waals surface area contributed by atoms with E-state index < -0.39 is 37.8 Å². The van der Waals surface area contributed by atoms with E-state index in [9.17, 15) is 19.5 Å². The fraction of sp³-hybridized carbons (Fsp3) is 0.771. The van der Waals surface area contributed by atoms with Crippen molar-refractivity contribution < 1.29 is 34.0 Å². The van der Waals surface area contributed by atoms with Gasteiger partial charge in [-0.2, -0.15) is 0 Å². The van der Waals surface area contributed by atoms with E-state index in [2.05, 4.69) is 91.4 Å². The van der Waals surface area contributed by atoms with Crippen LogP contribution in [0.1, 0.15) is 233 Å². The Morgan fingerprint density at radius 2 is 1.08 bits per heavy atom. The number of aromatic nitrogens is 2. The Balaban J connectivity index is 0.000000199. The number of aliphatic hydroxyl groups is 2. The molecule has 0 aliphatic heterocycles. The standard InChI is InChI=1S/C35H48Cl5NO4.C28H45ClO2.C7H4Cl5NO2/c1-19(2)7-6-8-20(3)24-11-12-25-23-10-9-21-17-22(13-15-33(21,4)26(23)14-16-34(24,25)5)44-32(43)45-30-28(36)27(18-42)41-31(29(30)37)35(38,39)40;1-18(2)7-6-8-19(3)23-11-12-24-22-10-9-20-17-21(31-26(29)30)13-15-27(20,4)25(22)14-16-28(23,24)5;8-3-2(1-14)13-6(7(10,11)12)4(9)5(3)15/h9,19-20,22-26,42H,6-8,10-18H2,1-5H3;9,18-19,21-25H,6-8,10-17H2,1-5H3;14H,1H2,(H,13,15). The number of allylic oxidation sites excluding steroid dienone is 2. The molecule has 0 bridgehead atoms. The highest BCUT2D eigenvalue weighted by Crippen LogP contribution is 2.69. The van der Waals surface area contributed by atoms with Crippen LogP contribution in [0.25, 0.3) is 0 Å². The molecular formula is C70H97Cl11N2O8. The first kappa shape index (κ1) is 76.2. The molecule has 2 heterocycles. The zero-order valence-electron chi connectivity index (χ0n) is 54.7. The molecule has 512 valence electrons. The van der Waals surface area contributed by atoms with E-state index >= 15 is 0 Å². The molecule has 3 N–H and O–H groups in total. The molecule has 0 amide bonds. The minimum atomic E-state index is -2.02. The number of nitrogens with zero attached hydrogens (tertiary/aromatic N) is 1. The lowest BCUT2D eigenvalue weighted by Crippen LogP contribution is -2.51. The lowest BCUT2D eigenvalue weighted by molar-refractivity contribution is -0.0597. The summed E-state index contributed by atoms with van der Waals surface area (Å²) in [5.41, 5.74) is 2.77. The number of hydrogen-bond acceptors (Lipinski definition) is 9. The molecule has 0 radical (unpaired) electrons. The number of alkyl halides is 6. The number of hydrogen-bond donors (Lipinski definition) is 3. The normalized spacial score (nSPS) is 33.2. The van der Waals surface area contributed by atoms with Gasteiger partial charge in [-0.25, -0.2) is 14.6 Å². The minimum absolute atomic E-state index is 0.0164. The molecule has 0 saturated heterocycles. The van der Waals surface area contributed by atoms with Crippen LogP contribution in [0, 0.1) is 92.7 Å². The summed E-state index contributed by atoms with van der Waals surface area (Å²) in [6, 6.07) is 0. The Kier molecular flexibility index (Phi) is 25.9. The highest BCUT2D eigenvalue weighted by Gasteiger charge is 2.61. The predicted octanol–water partition coefficient (Wildman–Crippen LogP) is 23.4. The van der Waals surface area contributed by atoms with Crippen molar-refractivity contribution in [3.63, 3.8) is 0 Å². The van der Waals surface area contributed by atoms with Crippen LogP contribution >= 0.6 is 128 Å². The summed E-state index contributed by atoms with van der Waals surface area (Å²) in [5.74, 6) is 9.57. The third-order valence-corrected chi connectivity index (χ3v) is 27.0. The number of H-pyrrole nitrogens is 1. The number of ether oxygens (including phenoxy) is 3. The van der Waals surface area contributed by atoms with E-state index in [-0.39, 0.29) is 66.2 Å². The molecule has 2 aromatic heterocycles. The Morgan fingerprint density at radius 1 is 0.604 bits per heavy atom. The van der Waals surface area contributed by atoms with Crippen molar-refractivity contribution in [1.29, 1.82) is 0 Å². The Hall–Kier alpha value is -0.570. The number of carbonyl (C=O) groups excluding carboxylic acids is 2. The SMILES string of the molecule is CC(C)CCCC(C)C1CCC2C3CC=C4CC(OC(=O)Cl)CCC4(C)C3CCC12C.CC(C)CCCC(C)C1CCC2C3CC=C4CC(OC(=O)Oc5c(Cl)c(CO)nc(C(Cl)(Cl)Cl)c5Cl)CCC4(C)C3CCC12C.O=c1c(Cl)c(CO)[nH]c(C(Cl)(Cl)Cl)c1Cl. The maximum Gasteiger partial charge on any atom is 0.514 e. The number of aliphatic hydroxyl groups excluding tert-OH is 2. The zero-order valence-corrected chi connectivity index (χ0v) is 63.0. The van der Waals surface area contributed by atoms with E-state index in [4.69, 9.17) is 147 Å². The van der Waals surface area contributed by atoms with Crippen molar-refractivity contribution in [3.05, 3.63) is 76.4 Å². The van der Waals surface area contributed by atoms with Crippen LogP contribution in [-0.2, 0) is 30.3 Å². The zero-order chi connectivity index (χ0) is 67.1. The first-order valence-electron chi connectivity index (χ1n) is 33.5. The first-order valence-corrected chi connectivity index (χ1v) is 37.7. The highest BCUT2D eigenvalue weighted by molar-refractivity contribution is 6.67. The second-order valence-corrected chi connectivity index (χ2v) is 36.6. The van der Waals surface area contributed by atoms with Gasteiger partial charge < -0.3 is 29.4 Å². The molecular weight excluding hydrogens is 1390 g/mol. The molecule has 21 heteroatoms. The van der Waals surface area contributed by atoms with Gasteiger partial charge in [0.05, 0.1) is 30.3 Å². The summed E-state index contributed by atoms with van der Waals surface area (Å²) in [5, 5.41) is 17.7. The number of carbonyl (C=O) groups is 2. The largest absolute Gasteiger partial charge is 0.514 e. The fourth-order valence-corrected chi connectivity index (χ4v) is 22.1. The third-order valence-electron chi connectivity index (χ3n) is 24.4. The van der Waals surface area contributed by atoms with Crippen LogP contribution in [0.2, 0.25) is 20.1 Å². The second kappa shape index (κ2) is 30.9. The molecule has 0 spiro atoms. The van der Waals surface area contributed by atoms with Crippen molar-refractivity contribution in [2.45, 2.75) is 244 Å². The molecule has 8 aliphatic rings. The van der Waals surface area contributed by atoms with E-state index in [1.54, 1.807) is 5.57 Å². The van der Waals surface area contributed by atoms with Gasteiger partial charge in [0, 0.05) is 24.4 Å². The molecule has 10 rings (SSSR count). The maximum absolute atomic E-state index is 13.0. The molecule has 16 atom stereocenters. The molecule has 2 aromatic rings. The van der Waals surface area contributed by atoms with Gasteiger partial charge in [-0.05, 0) is 183 Å². The van der Waals surface area contributed by atoms with Gasteiger partial charge in [0.25, 0.3) is 0 Å². The van der Waals surface area contributed by atoms with Gasteiger partial charge in [0.2, 0.25) is 13.0 Å². The maximum atomic E-state index is 13.0. The van der Waals surface area contributed by atoms with Crippen LogP contribution in [-0.4, -0.2) is 44.0 Å². The van der Waals surface area contributed by atoms with Crippen LogP contribution in [0.5, 0.6) is 5.75 Å². The fourth-order valence-electron chi connectivity index (χ4n) is 19.7. The monoisotopic (exact) mass is 1480 g/mol. The number of fused-ring (bicyclic) bond motifs is 10. The lowest BCUT2D eigenvalue weighted by atomic mass is 9.47. The first-order chi connectivity index (χ1) is 42.5. The Morgan fingerprint density at radius 3 is 1.49 bits per heavy atom. The summed E-state index contributed by atoms with van der Waals surface area (Å²) in [6.45, 7) is 23.7. The van der Waals surface area contributed by atoms with Gasteiger partial charge >= 0.3 is 11.6 Å². The van der Waals surface area contributed by atoms with E-state index in [1.807, 2.05) is 0 Å². The summed E-state index contributed by atoms with van der Waals surface area (Å²) in [7, 11) is 0. The summed E-state index contributed by atoms with van der Waals surface area (Å²) < 4.78 is 12.7. The second-order valence-electron chi connectivity index (χ2n) is 30.2. The molecule has 6 saturated carbocycles. The van der Waals surface area contributed by atoms with Crippen molar-refractivity contribution in [1.82, 2.24) is 9.97 Å². The van der Waals surface area contributed by atoms with Crippen molar-refractivity contribution in [3.8, 4) is 5.75 Å². The van der Waals surface area contributed by atoms with Crippen molar-refractivity contribution >= 4 is 139 Å². The molecule has 8 aliphatic carbocycles. The van der Waals surface area contributed by atoms with Crippen LogP contribution in [0.15, 0.2) is 28.1 Å². The van der Waals surface area contributed by atoms with Crippen molar-refractivity contribution in [2.24, 2.45) is 92.7 Å². The predicted molar refractivity (Wildman–Crippen MR) is 375 cm³/mol. The van der Waals surface area contributed by atoms with Gasteiger partial charge in [0.15, 0.2) is 5.75 Å². The average molecular weight is 1480 g/mol.